The quantitative estimate of drug-likeness (QED) is 0.659. The number of hydrogen-bond donors (Lipinski definition) is 2. The summed E-state index contributed by atoms with van der Waals surface area (Å²) < 4.78 is 26.9. The molecular weight excluding hydrogens is 202 g/mol. The second kappa shape index (κ2) is 5.06. The van der Waals surface area contributed by atoms with Gasteiger partial charge in [-0.15, -0.1) is 0 Å². The Bertz CT molecular complexity index is 260. The molecule has 0 saturated carbocycles. The van der Waals surface area contributed by atoms with Crippen LogP contribution in [0.5, 0.6) is 0 Å². The van der Waals surface area contributed by atoms with Gasteiger partial charge in [0.15, 0.2) is 0 Å². The SMILES string of the molecule is CCNS(=O)(=O)N(C)CC1CCCN1. The summed E-state index contributed by atoms with van der Waals surface area (Å²) in [6, 6.07) is 0.313. The normalized spacial score (nSPS) is 23.2. The minimum Gasteiger partial charge on any atom is -0.313 e. The van der Waals surface area contributed by atoms with Crippen LogP contribution in [-0.2, 0) is 10.2 Å². The van der Waals surface area contributed by atoms with E-state index in [1.807, 2.05) is 0 Å². The van der Waals surface area contributed by atoms with Gasteiger partial charge >= 0.3 is 0 Å². The second-order valence-corrected chi connectivity index (χ2v) is 5.44. The largest absolute Gasteiger partial charge is 0.313 e. The molecule has 0 aliphatic carbocycles. The third-order valence-electron chi connectivity index (χ3n) is 2.38. The lowest BCUT2D eigenvalue weighted by Crippen LogP contribution is -2.44. The number of likely N-dealkylation sites (N-methyl/N-ethyl adjacent to an activating group) is 1. The Labute approximate surface area is 86.0 Å². The zero-order chi connectivity index (χ0) is 10.6. The zero-order valence-electron chi connectivity index (χ0n) is 8.78. The molecule has 0 aromatic carbocycles. The van der Waals surface area contributed by atoms with Gasteiger partial charge in [-0.3, -0.25) is 0 Å². The lowest BCUT2D eigenvalue weighted by molar-refractivity contribution is 0.411. The Hall–Kier alpha value is -0.170. The van der Waals surface area contributed by atoms with Crippen molar-refractivity contribution >= 4 is 10.2 Å². The van der Waals surface area contributed by atoms with Gasteiger partial charge in [0.1, 0.15) is 0 Å². The van der Waals surface area contributed by atoms with Crippen molar-refractivity contribution in [2.24, 2.45) is 0 Å². The van der Waals surface area contributed by atoms with E-state index >= 15 is 0 Å². The Morgan fingerprint density at radius 1 is 1.57 bits per heavy atom. The number of nitrogens with one attached hydrogen (secondary N) is 2. The van der Waals surface area contributed by atoms with Crippen molar-refractivity contribution in [3.05, 3.63) is 0 Å². The molecule has 1 aliphatic heterocycles. The van der Waals surface area contributed by atoms with Crippen molar-refractivity contribution in [2.75, 3.05) is 26.7 Å². The van der Waals surface area contributed by atoms with Crippen molar-refractivity contribution in [1.29, 1.82) is 0 Å². The van der Waals surface area contributed by atoms with Gasteiger partial charge in [0.25, 0.3) is 10.2 Å². The van der Waals surface area contributed by atoms with Crippen LogP contribution in [0.3, 0.4) is 0 Å². The summed E-state index contributed by atoms with van der Waals surface area (Å²) in [5, 5.41) is 3.27. The van der Waals surface area contributed by atoms with Crippen LogP contribution < -0.4 is 10.0 Å². The highest BCUT2D eigenvalue weighted by Gasteiger charge is 2.22. The monoisotopic (exact) mass is 221 g/mol. The van der Waals surface area contributed by atoms with E-state index in [0.717, 1.165) is 19.4 Å². The lowest BCUT2D eigenvalue weighted by Gasteiger charge is -2.20. The molecule has 84 valence electrons. The highest BCUT2D eigenvalue weighted by Crippen LogP contribution is 2.07. The van der Waals surface area contributed by atoms with E-state index in [2.05, 4.69) is 10.0 Å². The third kappa shape index (κ3) is 3.20. The maximum Gasteiger partial charge on any atom is 0.279 e. The van der Waals surface area contributed by atoms with E-state index in [1.165, 1.54) is 4.31 Å². The molecule has 0 radical (unpaired) electrons. The van der Waals surface area contributed by atoms with Gasteiger partial charge in [-0.25, -0.2) is 4.72 Å². The molecule has 0 spiro atoms. The lowest BCUT2D eigenvalue weighted by atomic mass is 10.2. The van der Waals surface area contributed by atoms with Crippen LogP contribution in [0.25, 0.3) is 0 Å². The van der Waals surface area contributed by atoms with Gasteiger partial charge in [-0.05, 0) is 19.4 Å². The van der Waals surface area contributed by atoms with Gasteiger partial charge in [0.05, 0.1) is 0 Å². The smallest absolute Gasteiger partial charge is 0.279 e. The predicted molar refractivity (Wildman–Crippen MR) is 56.3 cm³/mol. The molecule has 0 amide bonds. The molecule has 1 unspecified atom stereocenters. The number of nitrogens with zero attached hydrogens (tertiary/aromatic N) is 1. The van der Waals surface area contributed by atoms with Gasteiger partial charge in [0.2, 0.25) is 0 Å². The van der Waals surface area contributed by atoms with E-state index in [1.54, 1.807) is 14.0 Å². The summed E-state index contributed by atoms with van der Waals surface area (Å²) in [5.74, 6) is 0. The van der Waals surface area contributed by atoms with Crippen LogP contribution in [-0.4, -0.2) is 45.4 Å². The summed E-state index contributed by atoms with van der Waals surface area (Å²) in [7, 11) is -1.65. The summed E-state index contributed by atoms with van der Waals surface area (Å²) >= 11 is 0. The number of hydrogen-bond acceptors (Lipinski definition) is 3. The maximum atomic E-state index is 11.5. The Morgan fingerprint density at radius 2 is 2.29 bits per heavy atom. The van der Waals surface area contributed by atoms with Crippen molar-refractivity contribution < 1.29 is 8.42 Å². The molecule has 1 heterocycles. The second-order valence-electron chi connectivity index (χ2n) is 3.58. The van der Waals surface area contributed by atoms with E-state index in [0.29, 0.717) is 19.1 Å². The van der Waals surface area contributed by atoms with E-state index in [-0.39, 0.29) is 0 Å². The third-order valence-corrected chi connectivity index (χ3v) is 4.00. The summed E-state index contributed by atoms with van der Waals surface area (Å²) in [4.78, 5) is 0. The standard InChI is InChI=1S/C8H19N3O2S/c1-3-10-14(12,13)11(2)7-8-5-4-6-9-8/h8-10H,3-7H2,1-2H3. The van der Waals surface area contributed by atoms with Crippen LogP contribution in [0.15, 0.2) is 0 Å². The summed E-state index contributed by atoms with van der Waals surface area (Å²) in [6.45, 7) is 3.76. The van der Waals surface area contributed by atoms with Crippen LogP contribution >= 0.6 is 0 Å². The molecule has 0 aromatic rings. The summed E-state index contributed by atoms with van der Waals surface area (Å²) in [5.41, 5.74) is 0. The average molecular weight is 221 g/mol. The first-order valence-electron chi connectivity index (χ1n) is 5.00. The van der Waals surface area contributed by atoms with Crippen LogP contribution in [0.4, 0.5) is 0 Å². The van der Waals surface area contributed by atoms with Crippen molar-refractivity contribution in [2.45, 2.75) is 25.8 Å². The summed E-state index contributed by atoms with van der Waals surface area (Å²) in [6.07, 6.45) is 2.20. The first kappa shape index (κ1) is 11.9. The fraction of sp³-hybridized carbons (Fsp3) is 1.00. The van der Waals surface area contributed by atoms with Crippen molar-refractivity contribution in [3.63, 3.8) is 0 Å². The molecule has 14 heavy (non-hydrogen) atoms. The topological polar surface area (TPSA) is 61.4 Å². The minimum atomic E-state index is -3.25. The average Bonchev–Trinajstić information content (AvgIpc) is 2.56. The van der Waals surface area contributed by atoms with Crippen LogP contribution in [0.1, 0.15) is 19.8 Å². The molecule has 1 aliphatic rings. The Balaban J connectivity index is 2.43. The zero-order valence-corrected chi connectivity index (χ0v) is 9.60. The van der Waals surface area contributed by atoms with Gasteiger partial charge in [-0.2, -0.15) is 12.7 Å². The van der Waals surface area contributed by atoms with E-state index in [4.69, 9.17) is 0 Å². The van der Waals surface area contributed by atoms with E-state index < -0.39 is 10.2 Å². The van der Waals surface area contributed by atoms with Crippen molar-refractivity contribution in [1.82, 2.24) is 14.3 Å². The van der Waals surface area contributed by atoms with Gasteiger partial charge < -0.3 is 5.32 Å². The molecule has 1 rings (SSSR count). The first-order chi connectivity index (χ1) is 6.56. The molecule has 1 atom stereocenters. The first-order valence-corrected chi connectivity index (χ1v) is 6.44. The molecule has 5 nitrogen and oxygen atoms in total. The Kier molecular flexibility index (Phi) is 4.31. The van der Waals surface area contributed by atoms with Crippen molar-refractivity contribution in [3.8, 4) is 0 Å². The highest BCUT2D eigenvalue weighted by molar-refractivity contribution is 7.87. The molecule has 0 aromatic heterocycles. The highest BCUT2D eigenvalue weighted by atomic mass is 32.2. The molecule has 1 fully saturated rings. The minimum absolute atomic E-state index is 0.313. The van der Waals surface area contributed by atoms with Gasteiger partial charge in [0, 0.05) is 26.2 Å². The maximum absolute atomic E-state index is 11.5. The molecule has 6 heteroatoms. The van der Waals surface area contributed by atoms with Crippen LogP contribution in [0.2, 0.25) is 0 Å². The molecule has 1 saturated heterocycles. The molecule has 0 bridgehead atoms. The number of rotatable bonds is 5. The van der Waals surface area contributed by atoms with E-state index in [9.17, 15) is 8.42 Å². The van der Waals surface area contributed by atoms with Gasteiger partial charge in [-0.1, -0.05) is 6.92 Å². The molecule has 2 N–H and O–H groups in total. The molecular formula is C8H19N3O2S. The predicted octanol–water partition coefficient (Wildman–Crippen LogP) is -0.475. The van der Waals surface area contributed by atoms with Crippen LogP contribution in [0, 0.1) is 0 Å². The fourth-order valence-electron chi connectivity index (χ4n) is 1.61. The Morgan fingerprint density at radius 3 is 2.79 bits per heavy atom. The fourth-order valence-corrected chi connectivity index (χ4v) is 2.58.